The molecule has 0 fully saturated rings. The number of hydrogen-bond donors (Lipinski definition) is 1. The highest BCUT2D eigenvalue weighted by molar-refractivity contribution is 6.05. The number of fused-ring (bicyclic) bond motifs is 1. The van der Waals surface area contributed by atoms with Gasteiger partial charge in [0.15, 0.2) is 5.69 Å². The number of nitro benzene ring substituents is 1. The Labute approximate surface area is 181 Å². The van der Waals surface area contributed by atoms with Crippen molar-refractivity contribution in [3.8, 4) is 0 Å². The van der Waals surface area contributed by atoms with Gasteiger partial charge in [-0.3, -0.25) is 19.7 Å². The molecule has 3 aromatic carbocycles. The second-order valence-electron chi connectivity index (χ2n) is 6.89. The number of nitrogens with one attached hydrogen (secondary N) is 1. The quantitative estimate of drug-likeness (QED) is 0.288. The summed E-state index contributed by atoms with van der Waals surface area (Å²) in [5, 5.41) is 19.7. The molecule has 158 valence electrons. The average molecular weight is 427 g/mol. The number of hydrogen-bond acceptors (Lipinski definition) is 6. The molecular formula is C23H17N5O4. The first-order valence-electron chi connectivity index (χ1n) is 9.64. The highest BCUT2D eigenvalue weighted by Crippen LogP contribution is 2.14. The van der Waals surface area contributed by atoms with Gasteiger partial charge < -0.3 is 0 Å². The third-order valence-electron chi connectivity index (χ3n) is 4.74. The fourth-order valence-corrected chi connectivity index (χ4v) is 3.17. The number of carbonyl (C=O) groups is 1. The Kier molecular flexibility index (Phi) is 5.80. The largest absolute Gasteiger partial charge is 0.292 e. The molecule has 1 heterocycles. The number of nitrogens with zero attached hydrogens (tertiary/aromatic N) is 4. The van der Waals surface area contributed by atoms with E-state index in [1.165, 1.54) is 35.2 Å². The van der Waals surface area contributed by atoms with Crippen LogP contribution in [0, 0.1) is 10.1 Å². The third-order valence-corrected chi connectivity index (χ3v) is 4.74. The monoisotopic (exact) mass is 427 g/mol. The molecule has 0 atom stereocenters. The summed E-state index contributed by atoms with van der Waals surface area (Å²) in [7, 11) is 0. The highest BCUT2D eigenvalue weighted by Gasteiger charge is 2.16. The Morgan fingerprint density at radius 1 is 1.00 bits per heavy atom. The minimum absolute atomic E-state index is 0.0393. The van der Waals surface area contributed by atoms with E-state index in [1.807, 2.05) is 30.3 Å². The molecule has 0 aliphatic heterocycles. The van der Waals surface area contributed by atoms with Crippen LogP contribution in [-0.4, -0.2) is 26.8 Å². The lowest BCUT2D eigenvalue weighted by molar-refractivity contribution is -0.384. The Bertz CT molecular complexity index is 1380. The summed E-state index contributed by atoms with van der Waals surface area (Å²) >= 11 is 0. The maximum absolute atomic E-state index is 12.9. The molecule has 0 bridgehead atoms. The second-order valence-corrected chi connectivity index (χ2v) is 6.89. The van der Waals surface area contributed by atoms with Crippen LogP contribution in [0.2, 0.25) is 0 Å². The van der Waals surface area contributed by atoms with Crippen LogP contribution in [0.25, 0.3) is 10.8 Å². The highest BCUT2D eigenvalue weighted by atomic mass is 16.6. The normalized spacial score (nSPS) is 11.0. The zero-order valence-electron chi connectivity index (χ0n) is 16.7. The van der Waals surface area contributed by atoms with Gasteiger partial charge in [0, 0.05) is 17.5 Å². The van der Waals surface area contributed by atoms with Crippen LogP contribution < -0.4 is 11.0 Å². The van der Waals surface area contributed by atoms with Crippen LogP contribution in [0.3, 0.4) is 0 Å². The van der Waals surface area contributed by atoms with Crippen molar-refractivity contribution in [1.29, 1.82) is 0 Å². The average Bonchev–Trinajstić information content (AvgIpc) is 2.82. The number of carbonyl (C=O) groups excluding carboxylic acids is 1. The fourth-order valence-electron chi connectivity index (χ4n) is 3.17. The molecule has 1 aromatic heterocycles. The number of benzene rings is 3. The van der Waals surface area contributed by atoms with E-state index in [0.717, 1.165) is 5.56 Å². The van der Waals surface area contributed by atoms with E-state index in [2.05, 4.69) is 15.6 Å². The van der Waals surface area contributed by atoms with Crippen molar-refractivity contribution in [2.45, 2.75) is 6.54 Å². The summed E-state index contributed by atoms with van der Waals surface area (Å²) in [6.45, 7) is 0.219. The molecule has 0 radical (unpaired) electrons. The first-order valence-corrected chi connectivity index (χ1v) is 9.64. The van der Waals surface area contributed by atoms with Gasteiger partial charge >= 0.3 is 0 Å². The van der Waals surface area contributed by atoms with Gasteiger partial charge in [-0.25, -0.2) is 10.1 Å². The molecule has 1 amide bonds. The number of rotatable bonds is 6. The van der Waals surface area contributed by atoms with Crippen molar-refractivity contribution in [1.82, 2.24) is 15.2 Å². The summed E-state index contributed by atoms with van der Waals surface area (Å²) in [5.74, 6) is -0.582. The SMILES string of the molecule is O=C(N/N=C\c1ccc([N+](=O)[O-])cc1)c1nn(Cc2ccccc2)c(=O)c2ccccc12. The van der Waals surface area contributed by atoms with Crippen molar-refractivity contribution in [3.05, 3.63) is 116 Å². The minimum atomic E-state index is -0.582. The van der Waals surface area contributed by atoms with Gasteiger partial charge in [-0.1, -0.05) is 48.5 Å². The Morgan fingerprint density at radius 3 is 2.34 bits per heavy atom. The molecule has 0 spiro atoms. The molecule has 0 unspecified atom stereocenters. The molecule has 0 aliphatic carbocycles. The summed E-state index contributed by atoms with van der Waals surface area (Å²) < 4.78 is 1.26. The summed E-state index contributed by atoms with van der Waals surface area (Å²) in [6.07, 6.45) is 1.36. The van der Waals surface area contributed by atoms with Gasteiger partial charge in [-0.15, -0.1) is 0 Å². The molecule has 1 N–H and O–H groups in total. The molecule has 9 heteroatoms. The van der Waals surface area contributed by atoms with Crippen molar-refractivity contribution >= 4 is 28.6 Å². The van der Waals surface area contributed by atoms with Gasteiger partial charge in [0.2, 0.25) is 0 Å². The number of aromatic nitrogens is 2. The number of nitro groups is 1. The summed E-state index contributed by atoms with van der Waals surface area (Å²) in [4.78, 5) is 35.9. The van der Waals surface area contributed by atoms with Crippen molar-refractivity contribution in [2.75, 3.05) is 0 Å². The van der Waals surface area contributed by atoms with Gasteiger partial charge in [-0.2, -0.15) is 10.2 Å². The smallest absolute Gasteiger partial charge is 0.267 e. The number of amides is 1. The van der Waals surface area contributed by atoms with E-state index in [0.29, 0.717) is 16.3 Å². The minimum Gasteiger partial charge on any atom is -0.267 e. The van der Waals surface area contributed by atoms with Crippen LogP contribution in [0.4, 0.5) is 5.69 Å². The topological polar surface area (TPSA) is 119 Å². The number of hydrazone groups is 1. The Morgan fingerprint density at radius 2 is 1.66 bits per heavy atom. The lowest BCUT2D eigenvalue weighted by Gasteiger charge is -2.10. The van der Waals surface area contributed by atoms with Gasteiger partial charge in [0.1, 0.15) is 0 Å². The molecule has 0 aliphatic rings. The van der Waals surface area contributed by atoms with E-state index < -0.39 is 10.8 Å². The molecule has 9 nitrogen and oxygen atoms in total. The third kappa shape index (κ3) is 4.41. The maximum atomic E-state index is 12.9. The van der Waals surface area contributed by atoms with Crippen molar-refractivity contribution in [2.24, 2.45) is 5.10 Å². The van der Waals surface area contributed by atoms with E-state index in [4.69, 9.17) is 0 Å². The van der Waals surface area contributed by atoms with Crippen LogP contribution in [0.15, 0.2) is 88.8 Å². The van der Waals surface area contributed by atoms with Gasteiger partial charge in [0.25, 0.3) is 17.2 Å². The summed E-state index contributed by atoms with van der Waals surface area (Å²) in [5.41, 5.74) is 3.58. The van der Waals surface area contributed by atoms with E-state index >= 15 is 0 Å². The first kappa shape index (κ1) is 20.6. The first-order chi connectivity index (χ1) is 15.5. The van der Waals surface area contributed by atoms with Gasteiger partial charge in [-0.05, 0) is 29.3 Å². The number of non-ortho nitro benzene ring substituents is 1. The van der Waals surface area contributed by atoms with E-state index in [9.17, 15) is 19.7 Å². The standard InChI is InChI=1S/C23H17N5O4/c29-22(25-24-14-16-10-12-18(13-11-16)28(31)32)21-19-8-4-5-9-20(19)23(30)27(26-21)15-17-6-2-1-3-7-17/h1-14H,15H2,(H,25,29)/b24-14-. The van der Waals surface area contributed by atoms with E-state index in [1.54, 1.807) is 24.3 Å². The van der Waals surface area contributed by atoms with Crippen molar-refractivity contribution < 1.29 is 9.72 Å². The Balaban J connectivity index is 1.62. The maximum Gasteiger partial charge on any atom is 0.292 e. The lowest BCUT2D eigenvalue weighted by Crippen LogP contribution is -2.29. The fraction of sp³-hybridized carbons (Fsp3) is 0.0435. The van der Waals surface area contributed by atoms with Crippen LogP contribution >= 0.6 is 0 Å². The molecule has 4 rings (SSSR count). The predicted octanol–water partition coefficient (Wildman–Crippen LogP) is 3.12. The van der Waals surface area contributed by atoms with Crippen molar-refractivity contribution in [3.63, 3.8) is 0 Å². The predicted molar refractivity (Wildman–Crippen MR) is 120 cm³/mol. The molecule has 32 heavy (non-hydrogen) atoms. The Hall–Kier alpha value is -4.66. The second kappa shape index (κ2) is 9.00. The van der Waals surface area contributed by atoms with Gasteiger partial charge in [0.05, 0.1) is 23.1 Å². The zero-order valence-corrected chi connectivity index (χ0v) is 16.7. The molecule has 4 aromatic rings. The van der Waals surface area contributed by atoms with Crippen LogP contribution in [0.5, 0.6) is 0 Å². The van der Waals surface area contributed by atoms with E-state index in [-0.39, 0.29) is 23.5 Å². The van der Waals surface area contributed by atoms with Crippen LogP contribution in [-0.2, 0) is 6.54 Å². The molecule has 0 saturated heterocycles. The van der Waals surface area contributed by atoms with Crippen LogP contribution in [0.1, 0.15) is 21.6 Å². The molecule has 0 saturated carbocycles. The lowest BCUT2D eigenvalue weighted by atomic mass is 10.1. The zero-order chi connectivity index (χ0) is 22.5. The molecular weight excluding hydrogens is 410 g/mol. The summed E-state index contributed by atoms with van der Waals surface area (Å²) in [6, 6.07) is 21.8.